The first-order chi connectivity index (χ1) is 12.7. The Labute approximate surface area is 157 Å². The summed E-state index contributed by atoms with van der Waals surface area (Å²) in [5, 5.41) is 0. The minimum Gasteiger partial charge on any atom is -0.495 e. The van der Waals surface area contributed by atoms with E-state index in [0.29, 0.717) is 0 Å². The zero-order chi connectivity index (χ0) is 18.4. The quantitative estimate of drug-likeness (QED) is 0.753. The third-order valence-corrected chi connectivity index (χ3v) is 5.24. The summed E-state index contributed by atoms with van der Waals surface area (Å²) in [4.78, 5) is 4.95. The third-order valence-electron chi connectivity index (χ3n) is 5.24. The van der Waals surface area contributed by atoms with Gasteiger partial charge in [0.2, 0.25) is 0 Å². The van der Waals surface area contributed by atoms with Crippen molar-refractivity contribution in [2.75, 3.05) is 51.8 Å². The Kier molecular flexibility index (Phi) is 6.53. The number of piperazine rings is 1. The molecule has 1 unspecified atom stereocenters. The number of anilines is 1. The summed E-state index contributed by atoms with van der Waals surface area (Å²) >= 11 is 0. The van der Waals surface area contributed by atoms with E-state index < -0.39 is 0 Å². The Morgan fingerprint density at radius 2 is 1.62 bits per heavy atom. The lowest BCUT2D eigenvalue weighted by Gasteiger charge is -2.37. The lowest BCUT2D eigenvalue weighted by molar-refractivity contribution is 0.0821. The number of benzene rings is 2. The van der Waals surface area contributed by atoms with Gasteiger partial charge in [-0.05, 0) is 31.0 Å². The molecule has 1 aliphatic heterocycles. The summed E-state index contributed by atoms with van der Waals surface area (Å²) in [7, 11) is 3.55. The second-order valence-electron chi connectivity index (χ2n) is 6.92. The number of rotatable bonds is 7. The Balaban J connectivity index is 1.51. The molecule has 1 fully saturated rings. The molecule has 0 bridgehead atoms. The Morgan fingerprint density at radius 1 is 0.923 bits per heavy atom. The van der Waals surface area contributed by atoms with Gasteiger partial charge in [-0.1, -0.05) is 42.0 Å². The molecule has 0 aliphatic carbocycles. The van der Waals surface area contributed by atoms with Crippen LogP contribution in [0, 0.1) is 6.92 Å². The molecule has 2 aromatic carbocycles. The van der Waals surface area contributed by atoms with E-state index in [-0.39, 0.29) is 6.10 Å². The molecule has 4 heteroatoms. The summed E-state index contributed by atoms with van der Waals surface area (Å²) in [6, 6.07) is 17.0. The Bertz CT molecular complexity index is 679. The highest BCUT2D eigenvalue weighted by molar-refractivity contribution is 5.58. The second kappa shape index (κ2) is 9.06. The number of hydrogen-bond acceptors (Lipinski definition) is 4. The van der Waals surface area contributed by atoms with Crippen LogP contribution in [-0.4, -0.2) is 51.8 Å². The van der Waals surface area contributed by atoms with Crippen LogP contribution in [0.3, 0.4) is 0 Å². The van der Waals surface area contributed by atoms with Crippen molar-refractivity contribution in [1.82, 2.24) is 4.90 Å². The largest absolute Gasteiger partial charge is 0.495 e. The fourth-order valence-electron chi connectivity index (χ4n) is 3.60. The highest BCUT2D eigenvalue weighted by Gasteiger charge is 2.20. The molecule has 0 saturated carbocycles. The molecule has 1 heterocycles. The first-order valence-corrected chi connectivity index (χ1v) is 9.41. The SMILES string of the molecule is COc1ccccc1N1CCN(CCC(OC)c2ccc(C)cc2)CC1. The monoisotopic (exact) mass is 354 g/mol. The van der Waals surface area contributed by atoms with Gasteiger partial charge in [0.15, 0.2) is 0 Å². The molecule has 0 N–H and O–H groups in total. The average molecular weight is 354 g/mol. The first-order valence-electron chi connectivity index (χ1n) is 9.41. The Hall–Kier alpha value is -2.04. The van der Waals surface area contributed by atoms with E-state index >= 15 is 0 Å². The van der Waals surface area contributed by atoms with Gasteiger partial charge in [-0.15, -0.1) is 0 Å². The molecule has 3 rings (SSSR count). The average Bonchev–Trinajstić information content (AvgIpc) is 2.70. The van der Waals surface area contributed by atoms with Crippen molar-refractivity contribution < 1.29 is 9.47 Å². The van der Waals surface area contributed by atoms with Gasteiger partial charge in [0.05, 0.1) is 18.9 Å². The highest BCUT2D eigenvalue weighted by atomic mass is 16.5. The molecule has 0 radical (unpaired) electrons. The van der Waals surface area contributed by atoms with E-state index in [0.717, 1.165) is 44.9 Å². The fourth-order valence-corrected chi connectivity index (χ4v) is 3.60. The first kappa shape index (κ1) is 18.7. The molecule has 0 amide bonds. The van der Waals surface area contributed by atoms with E-state index in [4.69, 9.17) is 9.47 Å². The molecular formula is C22H30N2O2. The van der Waals surface area contributed by atoms with Crippen LogP contribution in [0.25, 0.3) is 0 Å². The van der Waals surface area contributed by atoms with Crippen LogP contribution in [0.5, 0.6) is 5.75 Å². The van der Waals surface area contributed by atoms with Crippen LogP contribution in [-0.2, 0) is 4.74 Å². The molecule has 26 heavy (non-hydrogen) atoms. The summed E-state index contributed by atoms with van der Waals surface area (Å²) in [5.74, 6) is 0.958. The number of ether oxygens (including phenoxy) is 2. The van der Waals surface area contributed by atoms with Gasteiger partial charge in [-0.25, -0.2) is 0 Å². The summed E-state index contributed by atoms with van der Waals surface area (Å²) < 4.78 is 11.2. The van der Waals surface area contributed by atoms with Crippen molar-refractivity contribution in [2.24, 2.45) is 0 Å². The number of hydrogen-bond donors (Lipinski definition) is 0. The van der Waals surface area contributed by atoms with Gasteiger partial charge in [0.1, 0.15) is 5.75 Å². The smallest absolute Gasteiger partial charge is 0.142 e. The maximum absolute atomic E-state index is 5.73. The van der Waals surface area contributed by atoms with E-state index in [1.807, 2.05) is 19.2 Å². The van der Waals surface area contributed by atoms with Crippen LogP contribution in [0.1, 0.15) is 23.7 Å². The lowest BCUT2D eigenvalue weighted by Crippen LogP contribution is -2.47. The number of methoxy groups -OCH3 is 2. The van der Waals surface area contributed by atoms with Crippen molar-refractivity contribution in [3.05, 3.63) is 59.7 Å². The van der Waals surface area contributed by atoms with Crippen molar-refractivity contribution in [3.63, 3.8) is 0 Å². The number of nitrogens with zero attached hydrogens (tertiary/aromatic N) is 2. The maximum atomic E-state index is 5.73. The van der Waals surface area contributed by atoms with Gasteiger partial charge in [-0.3, -0.25) is 4.90 Å². The van der Waals surface area contributed by atoms with Crippen molar-refractivity contribution in [1.29, 1.82) is 0 Å². The van der Waals surface area contributed by atoms with Crippen LogP contribution in [0.15, 0.2) is 48.5 Å². The lowest BCUT2D eigenvalue weighted by atomic mass is 10.0. The number of aryl methyl sites for hydroxylation is 1. The third kappa shape index (κ3) is 4.57. The zero-order valence-corrected chi connectivity index (χ0v) is 16.1. The highest BCUT2D eigenvalue weighted by Crippen LogP contribution is 2.28. The summed E-state index contributed by atoms with van der Waals surface area (Å²) in [6.07, 6.45) is 1.19. The maximum Gasteiger partial charge on any atom is 0.142 e. The molecule has 140 valence electrons. The molecule has 1 aliphatic rings. The molecule has 1 atom stereocenters. The van der Waals surface area contributed by atoms with Crippen LogP contribution < -0.4 is 9.64 Å². The van der Waals surface area contributed by atoms with Crippen molar-refractivity contribution in [2.45, 2.75) is 19.4 Å². The van der Waals surface area contributed by atoms with Gasteiger partial charge in [0, 0.05) is 39.8 Å². The van der Waals surface area contributed by atoms with Crippen molar-refractivity contribution >= 4 is 5.69 Å². The van der Waals surface area contributed by atoms with Gasteiger partial charge >= 0.3 is 0 Å². The summed E-state index contributed by atoms with van der Waals surface area (Å²) in [6.45, 7) is 7.38. The molecule has 0 spiro atoms. The van der Waals surface area contributed by atoms with Gasteiger partial charge in [-0.2, -0.15) is 0 Å². The minimum absolute atomic E-state index is 0.169. The second-order valence-corrected chi connectivity index (χ2v) is 6.92. The molecule has 0 aromatic heterocycles. The van der Waals surface area contributed by atoms with E-state index in [9.17, 15) is 0 Å². The standard InChI is InChI=1S/C22H30N2O2/c1-18-8-10-19(11-9-18)21(25-2)12-13-23-14-16-24(17-15-23)20-6-4-5-7-22(20)26-3/h4-11,21H,12-17H2,1-3H3. The molecule has 2 aromatic rings. The molecular weight excluding hydrogens is 324 g/mol. The van der Waals surface area contributed by atoms with Crippen molar-refractivity contribution in [3.8, 4) is 5.75 Å². The predicted molar refractivity (Wildman–Crippen MR) is 107 cm³/mol. The fraction of sp³-hybridized carbons (Fsp3) is 0.455. The Morgan fingerprint density at radius 3 is 2.27 bits per heavy atom. The molecule has 1 saturated heterocycles. The molecule has 4 nitrogen and oxygen atoms in total. The minimum atomic E-state index is 0.169. The normalized spacial score (nSPS) is 16.5. The van der Waals surface area contributed by atoms with E-state index in [2.05, 4.69) is 53.1 Å². The summed E-state index contributed by atoms with van der Waals surface area (Å²) in [5.41, 5.74) is 3.76. The van der Waals surface area contributed by atoms with Crippen LogP contribution >= 0.6 is 0 Å². The predicted octanol–water partition coefficient (Wildman–Crippen LogP) is 3.90. The van der Waals surface area contributed by atoms with Gasteiger partial charge in [0.25, 0.3) is 0 Å². The van der Waals surface area contributed by atoms with Crippen LogP contribution in [0.4, 0.5) is 5.69 Å². The van der Waals surface area contributed by atoms with E-state index in [1.54, 1.807) is 7.11 Å². The zero-order valence-electron chi connectivity index (χ0n) is 16.1. The number of para-hydroxylation sites is 2. The van der Waals surface area contributed by atoms with Gasteiger partial charge < -0.3 is 14.4 Å². The van der Waals surface area contributed by atoms with E-state index in [1.165, 1.54) is 16.8 Å². The topological polar surface area (TPSA) is 24.9 Å². The van der Waals surface area contributed by atoms with Crippen LogP contribution in [0.2, 0.25) is 0 Å².